The molecule has 0 saturated heterocycles. The van der Waals surface area contributed by atoms with Crippen molar-refractivity contribution in [1.29, 1.82) is 0 Å². The van der Waals surface area contributed by atoms with Gasteiger partial charge in [0.15, 0.2) is 0 Å². The lowest BCUT2D eigenvalue weighted by Gasteiger charge is -2.17. The number of unbranched alkanes of at least 4 members (excludes halogenated alkanes) is 3. The van der Waals surface area contributed by atoms with E-state index in [2.05, 4.69) is 50.4 Å². The van der Waals surface area contributed by atoms with E-state index in [1.54, 1.807) is 0 Å². The second kappa shape index (κ2) is 9.82. The van der Waals surface area contributed by atoms with Gasteiger partial charge in [0.05, 0.1) is 6.10 Å². The van der Waals surface area contributed by atoms with E-state index in [-0.39, 0.29) is 0 Å². The lowest BCUT2D eigenvalue weighted by atomic mass is 10.0. The molecule has 0 aliphatic heterocycles. The van der Waals surface area contributed by atoms with Crippen molar-refractivity contribution >= 4 is 0 Å². The Hall–Kier alpha value is -1.02. The van der Waals surface area contributed by atoms with Gasteiger partial charge in [-0.15, -0.1) is 0 Å². The Bertz CT molecular complexity index is 343. The van der Waals surface area contributed by atoms with Crippen LogP contribution in [0, 0.1) is 0 Å². The van der Waals surface area contributed by atoms with Gasteiger partial charge in [-0.25, -0.2) is 0 Å². The van der Waals surface area contributed by atoms with E-state index in [1.807, 2.05) is 7.05 Å². The van der Waals surface area contributed by atoms with Crippen molar-refractivity contribution in [2.45, 2.75) is 71.4 Å². The fourth-order valence-electron chi connectivity index (χ4n) is 2.54. The zero-order valence-electron chi connectivity index (χ0n) is 13.6. The Morgan fingerprint density at radius 3 is 2.30 bits per heavy atom. The summed E-state index contributed by atoms with van der Waals surface area (Å²) in [5.41, 5.74) is 1.33. The number of hydrogen-bond acceptors (Lipinski definition) is 2. The highest BCUT2D eigenvalue weighted by atomic mass is 16.5. The quantitative estimate of drug-likeness (QED) is 0.601. The molecular formula is C18H31NO. The first kappa shape index (κ1) is 17.0. The molecule has 20 heavy (non-hydrogen) atoms. The molecule has 0 spiro atoms. The van der Waals surface area contributed by atoms with Gasteiger partial charge in [-0.05, 0) is 50.9 Å². The van der Waals surface area contributed by atoms with Crippen molar-refractivity contribution in [2.75, 3.05) is 7.05 Å². The molecular weight excluding hydrogens is 246 g/mol. The van der Waals surface area contributed by atoms with E-state index in [0.29, 0.717) is 12.1 Å². The van der Waals surface area contributed by atoms with Crippen LogP contribution < -0.4 is 10.1 Å². The molecule has 0 aromatic heterocycles. The normalized spacial score (nSPS) is 14.0. The van der Waals surface area contributed by atoms with Gasteiger partial charge in [-0.1, -0.05) is 45.2 Å². The number of rotatable bonds is 10. The summed E-state index contributed by atoms with van der Waals surface area (Å²) < 4.78 is 5.98. The molecule has 1 aromatic rings. The molecule has 0 saturated carbocycles. The van der Waals surface area contributed by atoms with Crippen molar-refractivity contribution in [3.05, 3.63) is 29.8 Å². The first-order valence-electron chi connectivity index (χ1n) is 8.15. The van der Waals surface area contributed by atoms with Crippen LogP contribution >= 0.6 is 0 Å². The highest BCUT2D eigenvalue weighted by molar-refractivity contribution is 5.29. The maximum absolute atomic E-state index is 5.98. The van der Waals surface area contributed by atoms with Crippen LogP contribution in [0.3, 0.4) is 0 Å². The lowest BCUT2D eigenvalue weighted by Crippen LogP contribution is -2.15. The molecule has 0 bridgehead atoms. The van der Waals surface area contributed by atoms with E-state index >= 15 is 0 Å². The molecule has 0 aliphatic carbocycles. The lowest BCUT2D eigenvalue weighted by molar-refractivity contribution is 0.206. The van der Waals surface area contributed by atoms with E-state index in [1.165, 1.54) is 31.2 Å². The minimum atomic E-state index is 0.309. The molecule has 0 aliphatic rings. The summed E-state index contributed by atoms with van der Waals surface area (Å²) in [5.74, 6) is 0.989. The topological polar surface area (TPSA) is 21.3 Å². The minimum Gasteiger partial charge on any atom is -0.491 e. The van der Waals surface area contributed by atoms with Gasteiger partial charge >= 0.3 is 0 Å². The van der Waals surface area contributed by atoms with Gasteiger partial charge in [-0.2, -0.15) is 0 Å². The van der Waals surface area contributed by atoms with E-state index in [4.69, 9.17) is 4.74 Å². The van der Waals surface area contributed by atoms with Crippen molar-refractivity contribution in [3.63, 3.8) is 0 Å². The molecule has 2 unspecified atom stereocenters. The van der Waals surface area contributed by atoms with Gasteiger partial charge < -0.3 is 10.1 Å². The fraction of sp³-hybridized carbons (Fsp3) is 0.667. The molecule has 0 fully saturated rings. The first-order chi connectivity index (χ1) is 9.71. The highest BCUT2D eigenvalue weighted by Crippen LogP contribution is 2.21. The van der Waals surface area contributed by atoms with Crippen molar-refractivity contribution in [1.82, 2.24) is 5.32 Å². The SMILES string of the molecule is CCCCCCC(C)Oc1ccc(C(CC)NC)cc1. The zero-order chi connectivity index (χ0) is 14.8. The molecule has 2 heteroatoms. The number of hydrogen-bond donors (Lipinski definition) is 1. The summed E-state index contributed by atoms with van der Waals surface area (Å²) >= 11 is 0. The van der Waals surface area contributed by atoms with E-state index in [0.717, 1.165) is 18.6 Å². The Morgan fingerprint density at radius 2 is 1.75 bits per heavy atom. The molecule has 1 rings (SSSR count). The predicted molar refractivity (Wildman–Crippen MR) is 87.4 cm³/mol. The number of nitrogens with one attached hydrogen (secondary N) is 1. The van der Waals surface area contributed by atoms with Crippen LogP contribution in [0.2, 0.25) is 0 Å². The average molecular weight is 277 g/mol. The third-order valence-electron chi connectivity index (χ3n) is 3.84. The first-order valence-corrected chi connectivity index (χ1v) is 8.15. The monoisotopic (exact) mass is 277 g/mol. The smallest absolute Gasteiger partial charge is 0.119 e. The summed E-state index contributed by atoms with van der Waals surface area (Å²) in [4.78, 5) is 0. The third-order valence-corrected chi connectivity index (χ3v) is 3.84. The zero-order valence-corrected chi connectivity index (χ0v) is 13.6. The molecule has 2 nitrogen and oxygen atoms in total. The summed E-state index contributed by atoms with van der Waals surface area (Å²) in [6.45, 7) is 6.61. The Labute approximate surface area is 124 Å². The maximum Gasteiger partial charge on any atom is 0.119 e. The highest BCUT2D eigenvalue weighted by Gasteiger charge is 2.07. The van der Waals surface area contributed by atoms with E-state index in [9.17, 15) is 0 Å². The molecule has 114 valence electrons. The van der Waals surface area contributed by atoms with Gasteiger partial charge in [0.1, 0.15) is 5.75 Å². The number of ether oxygens (including phenoxy) is 1. The maximum atomic E-state index is 5.98. The van der Waals surface area contributed by atoms with Gasteiger partial charge in [0.25, 0.3) is 0 Å². The third kappa shape index (κ3) is 5.96. The van der Waals surface area contributed by atoms with Crippen LogP contribution in [0.4, 0.5) is 0 Å². The average Bonchev–Trinajstić information content (AvgIpc) is 2.47. The molecule has 2 atom stereocenters. The van der Waals surface area contributed by atoms with Crippen LogP contribution in [0.15, 0.2) is 24.3 Å². The molecule has 1 N–H and O–H groups in total. The molecule has 0 radical (unpaired) electrons. The van der Waals surface area contributed by atoms with Crippen LogP contribution in [-0.2, 0) is 0 Å². The Morgan fingerprint density at radius 1 is 1.05 bits per heavy atom. The second-order valence-corrected chi connectivity index (χ2v) is 5.60. The summed E-state index contributed by atoms with van der Waals surface area (Å²) in [5, 5.41) is 3.33. The van der Waals surface area contributed by atoms with Crippen LogP contribution in [0.1, 0.15) is 70.9 Å². The molecule has 1 aromatic carbocycles. The standard InChI is InChI=1S/C18H31NO/c1-5-7-8-9-10-15(3)20-17-13-11-16(12-14-17)18(6-2)19-4/h11-15,18-19H,5-10H2,1-4H3. The van der Waals surface area contributed by atoms with Gasteiger partial charge in [0, 0.05) is 6.04 Å². The largest absolute Gasteiger partial charge is 0.491 e. The Balaban J connectivity index is 2.40. The minimum absolute atomic E-state index is 0.309. The van der Waals surface area contributed by atoms with Crippen LogP contribution in [0.25, 0.3) is 0 Å². The number of benzene rings is 1. The summed E-state index contributed by atoms with van der Waals surface area (Å²) in [6.07, 6.45) is 7.78. The second-order valence-electron chi connectivity index (χ2n) is 5.60. The van der Waals surface area contributed by atoms with E-state index < -0.39 is 0 Å². The van der Waals surface area contributed by atoms with Gasteiger partial charge in [0.2, 0.25) is 0 Å². The van der Waals surface area contributed by atoms with Crippen molar-refractivity contribution in [2.24, 2.45) is 0 Å². The van der Waals surface area contributed by atoms with Gasteiger partial charge in [-0.3, -0.25) is 0 Å². The van der Waals surface area contributed by atoms with Crippen molar-refractivity contribution < 1.29 is 4.74 Å². The van der Waals surface area contributed by atoms with Crippen LogP contribution in [-0.4, -0.2) is 13.2 Å². The summed E-state index contributed by atoms with van der Waals surface area (Å²) in [6, 6.07) is 8.97. The molecule has 0 heterocycles. The summed E-state index contributed by atoms with van der Waals surface area (Å²) in [7, 11) is 2.01. The predicted octanol–water partition coefficient (Wildman–Crippen LogP) is 5.09. The fourth-order valence-corrected chi connectivity index (χ4v) is 2.54. The van der Waals surface area contributed by atoms with Crippen LogP contribution in [0.5, 0.6) is 5.75 Å². The van der Waals surface area contributed by atoms with Crippen molar-refractivity contribution in [3.8, 4) is 5.75 Å². The molecule has 0 amide bonds. The Kier molecular flexibility index (Phi) is 8.36.